The maximum atomic E-state index is 13.4. The zero-order valence-electron chi connectivity index (χ0n) is 15.3. The molecule has 0 unspecified atom stereocenters. The molecule has 0 bridgehead atoms. The lowest BCUT2D eigenvalue weighted by atomic mass is 9.80. The van der Waals surface area contributed by atoms with Crippen LogP contribution < -0.4 is 5.73 Å². The molecule has 4 heteroatoms. The van der Waals surface area contributed by atoms with E-state index in [1.807, 2.05) is 0 Å². The molecule has 24 heavy (non-hydrogen) atoms. The molecule has 0 aromatic carbocycles. The van der Waals surface area contributed by atoms with Gasteiger partial charge in [0.2, 0.25) is 5.91 Å². The van der Waals surface area contributed by atoms with E-state index in [4.69, 9.17) is 5.73 Å². The molecule has 0 aromatic heterocycles. The van der Waals surface area contributed by atoms with Crippen molar-refractivity contribution in [3.05, 3.63) is 0 Å². The summed E-state index contributed by atoms with van der Waals surface area (Å²) in [5.41, 5.74) is 5.82. The number of nitrogens with two attached hydrogens (primary N) is 1. The van der Waals surface area contributed by atoms with E-state index in [2.05, 4.69) is 4.90 Å². The van der Waals surface area contributed by atoms with Gasteiger partial charge in [-0.25, -0.2) is 0 Å². The summed E-state index contributed by atoms with van der Waals surface area (Å²) >= 11 is 0. The molecule has 0 aliphatic heterocycles. The zero-order chi connectivity index (χ0) is 16.1. The van der Waals surface area contributed by atoms with Crippen molar-refractivity contribution in [2.75, 3.05) is 6.54 Å². The molecule has 3 saturated carbocycles. The number of hydrogen-bond donors (Lipinski definition) is 1. The van der Waals surface area contributed by atoms with Crippen LogP contribution in [0.4, 0.5) is 0 Å². The Labute approximate surface area is 154 Å². The molecule has 3 aliphatic rings. The third-order valence-electron chi connectivity index (χ3n) is 6.72. The summed E-state index contributed by atoms with van der Waals surface area (Å²) in [4.78, 5) is 15.8. The molecule has 0 radical (unpaired) electrons. The van der Waals surface area contributed by atoms with Gasteiger partial charge in [-0.2, -0.15) is 0 Å². The first-order valence-corrected chi connectivity index (χ1v) is 10.3. The highest BCUT2D eigenvalue weighted by Crippen LogP contribution is 2.35. The van der Waals surface area contributed by atoms with E-state index < -0.39 is 0 Å². The van der Waals surface area contributed by atoms with Crippen molar-refractivity contribution in [2.24, 2.45) is 17.6 Å². The van der Waals surface area contributed by atoms with Crippen molar-refractivity contribution in [3.8, 4) is 0 Å². The number of hydrogen-bond acceptors (Lipinski definition) is 2. The minimum absolute atomic E-state index is 0. The molecule has 0 atom stereocenters. The van der Waals surface area contributed by atoms with Crippen molar-refractivity contribution < 1.29 is 4.79 Å². The van der Waals surface area contributed by atoms with Gasteiger partial charge in [0.05, 0.1) is 0 Å². The fraction of sp³-hybridized carbons (Fsp3) is 0.950. The molecule has 0 spiro atoms. The Morgan fingerprint density at radius 2 is 1.21 bits per heavy atom. The van der Waals surface area contributed by atoms with Crippen molar-refractivity contribution in [1.29, 1.82) is 0 Å². The molecule has 2 N–H and O–H groups in total. The van der Waals surface area contributed by atoms with Gasteiger partial charge in [0.25, 0.3) is 0 Å². The lowest BCUT2D eigenvalue weighted by molar-refractivity contribution is -0.143. The predicted octanol–water partition coefficient (Wildman–Crippen LogP) is 4.67. The lowest BCUT2D eigenvalue weighted by Gasteiger charge is -2.44. The summed E-state index contributed by atoms with van der Waals surface area (Å²) in [5.74, 6) is 1.47. The van der Waals surface area contributed by atoms with Crippen molar-refractivity contribution in [2.45, 2.75) is 102 Å². The Morgan fingerprint density at radius 3 is 1.62 bits per heavy atom. The molecule has 3 aliphatic carbocycles. The van der Waals surface area contributed by atoms with Gasteiger partial charge in [-0.3, -0.25) is 4.79 Å². The SMILES string of the molecule is Cl.NC[C@H]1CC[C@H](C(=O)N(C2CCCCC2)C2CCCCC2)CC1. The van der Waals surface area contributed by atoms with E-state index in [-0.39, 0.29) is 12.4 Å². The molecule has 3 fully saturated rings. The highest BCUT2D eigenvalue weighted by molar-refractivity contribution is 5.85. The highest BCUT2D eigenvalue weighted by Gasteiger charge is 2.37. The first-order valence-electron chi connectivity index (χ1n) is 10.3. The smallest absolute Gasteiger partial charge is 0.226 e. The van der Waals surface area contributed by atoms with Gasteiger partial charge in [-0.05, 0) is 63.8 Å². The number of carbonyl (C=O) groups is 1. The van der Waals surface area contributed by atoms with Crippen LogP contribution in [-0.4, -0.2) is 29.4 Å². The fourth-order valence-corrected chi connectivity index (χ4v) is 5.23. The summed E-state index contributed by atoms with van der Waals surface area (Å²) in [6.07, 6.45) is 17.5. The summed E-state index contributed by atoms with van der Waals surface area (Å²) in [6.45, 7) is 0.801. The summed E-state index contributed by atoms with van der Waals surface area (Å²) in [6, 6.07) is 1.10. The molecular formula is C20H37ClN2O. The topological polar surface area (TPSA) is 46.3 Å². The van der Waals surface area contributed by atoms with Gasteiger partial charge >= 0.3 is 0 Å². The van der Waals surface area contributed by atoms with Gasteiger partial charge in [-0.15, -0.1) is 12.4 Å². The normalized spacial score (nSPS) is 29.7. The Balaban J connectivity index is 0.00000208. The second-order valence-electron chi connectivity index (χ2n) is 8.28. The first-order chi connectivity index (χ1) is 11.3. The Kier molecular flexibility index (Phi) is 8.36. The standard InChI is InChI=1S/C20H36N2O.ClH/c21-15-16-11-13-17(14-12-16)20(23)22(18-7-3-1-4-8-18)19-9-5-2-6-10-19;/h16-19H,1-15,21H2;1H/t16-,17-;. The molecule has 0 aromatic rings. The van der Waals surface area contributed by atoms with Crippen LogP contribution in [0.5, 0.6) is 0 Å². The number of amides is 1. The Bertz CT molecular complexity index is 352. The maximum Gasteiger partial charge on any atom is 0.226 e. The van der Waals surface area contributed by atoms with Crippen LogP contribution in [0, 0.1) is 11.8 Å². The van der Waals surface area contributed by atoms with Crippen molar-refractivity contribution in [3.63, 3.8) is 0 Å². The zero-order valence-corrected chi connectivity index (χ0v) is 16.1. The van der Waals surface area contributed by atoms with Crippen LogP contribution >= 0.6 is 12.4 Å². The fourth-order valence-electron chi connectivity index (χ4n) is 5.23. The maximum absolute atomic E-state index is 13.4. The lowest BCUT2D eigenvalue weighted by Crippen LogP contribution is -2.51. The Hall–Kier alpha value is -0.280. The van der Waals surface area contributed by atoms with Crippen molar-refractivity contribution >= 4 is 18.3 Å². The molecule has 140 valence electrons. The van der Waals surface area contributed by atoms with Crippen LogP contribution in [0.15, 0.2) is 0 Å². The summed E-state index contributed by atoms with van der Waals surface area (Å²) in [5, 5.41) is 0. The van der Waals surface area contributed by atoms with E-state index in [9.17, 15) is 4.79 Å². The average molecular weight is 357 g/mol. The molecule has 0 saturated heterocycles. The van der Waals surface area contributed by atoms with Crippen molar-refractivity contribution in [1.82, 2.24) is 4.90 Å². The van der Waals surface area contributed by atoms with Crippen LogP contribution in [0.2, 0.25) is 0 Å². The van der Waals surface area contributed by atoms with E-state index in [1.165, 1.54) is 64.2 Å². The van der Waals surface area contributed by atoms with Gasteiger partial charge in [0.1, 0.15) is 0 Å². The van der Waals surface area contributed by atoms with E-state index >= 15 is 0 Å². The summed E-state index contributed by atoms with van der Waals surface area (Å²) in [7, 11) is 0. The molecule has 3 rings (SSSR count). The van der Waals surface area contributed by atoms with Gasteiger partial charge in [-0.1, -0.05) is 38.5 Å². The highest BCUT2D eigenvalue weighted by atomic mass is 35.5. The van der Waals surface area contributed by atoms with Gasteiger partial charge in [0.15, 0.2) is 0 Å². The quantitative estimate of drug-likeness (QED) is 0.795. The predicted molar refractivity (Wildman–Crippen MR) is 102 cm³/mol. The van der Waals surface area contributed by atoms with E-state index in [0.29, 0.717) is 29.8 Å². The molecule has 0 heterocycles. The van der Waals surface area contributed by atoms with E-state index in [0.717, 1.165) is 32.2 Å². The van der Waals surface area contributed by atoms with Crippen LogP contribution in [0.1, 0.15) is 89.9 Å². The summed E-state index contributed by atoms with van der Waals surface area (Å²) < 4.78 is 0. The van der Waals surface area contributed by atoms with Crippen LogP contribution in [-0.2, 0) is 4.79 Å². The van der Waals surface area contributed by atoms with Crippen LogP contribution in [0.25, 0.3) is 0 Å². The third kappa shape index (κ3) is 4.88. The minimum Gasteiger partial charge on any atom is -0.336 e. The second-order valence-corrected chi connectivity index (χ2v) is 8.28. The molecule has 3 nitrogen and oxygen atoms in total. The third-order valence-corrected chi connectivity index (χ3v) is 6.72. The number of halogens is 1. The largest absolute Gasteiger partial charge is 0.336 e. The van der Waals surface area contributed by atoms with Gasteiger partial charge < -0.3 is 10.6 Å². The number of nitrogens with zero attached hydrogens (tertiary/aromatic N) is 1. The average Bonchev–Trinajstić information content (AvgIpc) is 2.64. The second kappa shape index (κ2) is 10.0. The monoisotopic (exact) mass is 356 g/mol. The van der Waals surface area contributed by atoms with Crippen LogP contribution in [0.3, 0.4) is 0 Å². The first kappa shape index (κ1) is 20.0. The Morgan fingerprint density at radius 1 is 0.750 bits per heavy atom. The number of rotatable bonds is 4. The molecule has 1 amide bonds. The minimum atomic E-state index is 0. The number of carbonyl (C=O) groups excluding carboxylic acids is 1. The van der Waals surface area contributed by atoms with Gasteiger partial charge in [0, 0.05) is 18.0 Å². The molecular weight excluding hydrogens is 320 g/mol. The van der Waals surface area contributed by atoms with E-state index in [1.54, 1.807) is 0 Å².